The van der Waals surface area contributed by atoms with E-state index in [2.05, 4.69) is 0 Å². The van der Waals surface area contributed by atoms with E-state index in [1.807, 2.05) is 0 Å². The summed E-state index contributed by atoms with van der Waals surface area (Å²) in [5, 5.41) is 147. The number of ether oxygens (including phenoxy) is 10. The van der Waals surface area contributed by atoms with Crippen molar-refractivity contribution >= 4 is 0 Å². The van der Waals surface area contributed by atoms with E-state index in [-0.39, 0.29) is 12.8 Å². The maximum Gasteiger partial charge on any atom is 0.187 e. The van der Waals surface area contributed by atoms with Crippen LogP contribution < -0.4 is 0 Å². The van der Waals surface area contributed by atoms with Crippen LogP contribution in [0.5, 0.6) is 0 Å². The van der Waals surface area contributed by atoms with Crippen molar-refractivity contribution in [2.45, 2.75) is 154 Å². The third-order valence-electron chi connectivity index (χ3n) is 11.2. The van der Waals surface area contributed by atoms with Crippen molar-refractivity contribution in [1.82, 2.24) is 0 Å². The Morgan fingerprint density at radius 3 is 1.54 bits per heavy atom. The van der Waals surface area contributed by atoms with Gasteiger partial charge in [-0.25, -0.2) is 0 Å². The van der Waals surface area contributed by atoms with E-state index < -0.39 is 180 Å². The van der Waals surface area contributed by atoms with Crippen LogP contribution in [-0.4, -0.2) is 260 Å². The maximum atomic E-state index is 11.5. The van der Waals surface area contributed by atoms with E-state index in [1.54, 1.807) is 0 Å². The molecule has 0 radical (unpaired) electrons. The molecular formula is C33H58O24. The van der Waals surface area contributed by atoms with Gasteiger partial charge in [0.25, 0.3) is 0 Å². The average Bonchev–Trinajstić information content (AvgIpc) is 3.20. The molecule has 0 spiro atoms. The second-order valence-corrected chi connectivity index (χ2v) is 14.8. The molecular weight excluding hydrogens is 780 g/mol. The summed E-state index contributed by atoms with van der Waals surface area (Å²) in [7, 11) is 2.45. The van der Waals surface area contributed by atoms with Crippen molar-refractivity contribution in [3.8, 4) is 0 Å². The van der Waals surface area contributed by atoms with Gasteiger partial charge in [-0.15, -0.1) is 0 Å². The van der Waals surface area contributed by atoms with Crippen LogP contribution in [0.25, 0.3) is 0 Å². The van der Waals surface area contributed by atoms with E-state index in [0.717, 1.165) is 0 Å². The molecule has 0 aliphatic carbocycles. The van der Waals surface area contributed by atoms with Gasteiger partial charge in [0.2, 0.25) is 0 Å². The maximum absolute atomic E-state index is 11.5. The summed E-state index contributed by atoms with van der Waals surface area (Å²) < 4.78 is 56.1. The zero-order valence-corrected chi connectivity index (χ0v) is 31.1. The lowest BCUT2D eigenvalue weighted by molar-refractivity contribution is -0.377. The Kier molecular flexibility index (Phi) is 17.1. The SMILES string of the molecule is CO[C@@H]1O[C@@H](CO)[C@@H](O[C@@H]2OC(CO[C@H]3OC(CO)[C@H](O)[C@H](O)C3O)[C@@H](O[C@H]3CC(O)[C@H](C[C@@H]4OC(CO)[C@@H](OC)[C@H](O)C4O)[C@H](CO)O3)[C@H](O)C2O)C(O)C1O. The van der Waals surface area contributed by atoms with Crippen LogP contribution in [0.3, 0.4) is 0 Å². The van der Waals surface area contributed by atoms with E-state index in [4.69, 9.17) is 47.4 Å². The Hall–Kier alpha value is -0.960. The predicted octanol–water partition coefficient (Wildman–Crippen LogP) is -8.92. The summed E-state index contributed by atoms with van der Waals surface area (Å²) in [5.74, 6) is -0.932. The molecule has 0 aromatic heterocycles. The van der Waals surface area contributed by atoms with Crippen LogP contribution in [0.2, 0.25) is 0 Å². The van der Waals surface area contributed by atoms with E-state index in [0.29, 0.717) is 0 Å². The van der Waals surface area contributed by atoms with Crippen LogP contribution in [-0.2, 0) is 47.4 Å². The van der Waals surface area contributed by atoms with Gasteiger partial charge in [0, 0.05) is 26.6 Å². The van der Waals surface area contributed by atoms with Gasteiger partial charge in [-0.05, 0) is 6.42 Å². The second-order valence-electron chi connectivity index (χ2n) is 14.8. The Labute approximate surface area is 326 Å². The van der Waals surface area contributed by atoms with Crippen molar-refractivity contribution in [3.63, 3.8) is 0 Å². The summed E-state index contributed by atoms with van der Waals surface area (Å²) in [6, 6.07) is 0. The van der Waals surface area contributed by atoms with Gasteiger partial charge in [0.15, 0.2) is 25.2 Å². The Morgan fingerprint density at radius 1 is 0.439 bits per heavy atom. The number of hydrogen-bond acceptors (Lipinski definition) is 24. The van der Waals surface area contributed by atoms with E-state index in [1.165, 1.54) is 14.2 Å². The van der Waals surface area contributed by atoms with Gasteiger partial charge in [0.05, 0.1) is 51.3 Å². The molecule has 5 fully saturated rings. The van der Waals surface area contributed by atoms with Crippen molar-refractivity contribution in [2.24, 2.45) is 5.92 Å². The van der Waals surface area contributed by atoms with Crippen LogP contribution in [0.1, 0.15) is 12.8 Å². The zero-order valence-electron chi connectivity index (χ0n) is 31.1. The fourth-order valence-electron chi connectivity index (χ4n) is 7.92. The first-order valence-corrected chi connectivity index (χ1v) is 18.6. The molecule has 24 atom stereocenters. The number of hydrogen-bond donors (Lipinski definition) is 14. The van der Waals surface area contributed by atoms with Gasteiger partial charge in [0.1, 0.15) is 97.7 Å². The molecule has 5 heterocycles. The molecule has 5 aliphatic heterocycles. The largest absolute Gasteiger partial charge is 0.394 e. The fourth-order valence-corrected chi connectivity index (χ4v) is 7.92. The molecule has 14 N–H and O–H groups in total. The Bertz CT molecular complexity index is 1200. The highest BCUT2D eigenvalue weighted by Crippen LogP contribution is 2.37. The fraction of sp³-hybridized carbons (Fsp3) is 1.00. The molecule has 0 bridgehead atoms. The lowest BCUT2D eigenvalue weighted by Gasteiger charge is -2.48. The van der Waals surface area contributed by atoms with Crippen molar-refractivity contribution in [2.75, 3.05) is 47.3 Å². The van der Waals surface area contributed by atoms with Gasteiger partial charge < -0.3 is 119 Å². The normalized spacial score (nSPS) is 51.2. The van der Waals surface area contributed by atoms with Gasteiger partial charge in [-0.2, -0.15) is 0 Å². The van der Waals surface area contributed by atoms with Crippen LogP contribution in [0.4, 0.5) is 0 Å². The summed E-state index contributed by atoms with van der Waals surface area (Å²) in [6.07, 6.45) is -35.8. The first-order valence-electron chi connectivity index (χ1n) is 18.6. The molecule has 24 nitrogen and oxygen atoms in total. The molecule has 0 aromatic carbocycles. The quantitative estimate of drug-likeness (QED) is 0.0728. The van der Waals surface area contributed by atoms with Crippen LogP contribution >= 0.6 is 0 Å². The molecule has 5 rings (SSSR count). The predicted molar refractivity (Wildman–Crippen MR) is 178 cm³/mol. The summed E-state index contributed by atoms with van der Waals surface area (Å²) in [6.45, 7) is -3.49. The van der Waals surface area contributed by atoms with Crippen LogP contribution in [0, 0.1) is 5.92 Å². The first-order chi connectivity index (χ1) is 27.1. The third-order valence-corrected chi connectivity index (χ3v) is 11.2. The minimum atomic E-state index is -2.00. The molecule has 0 aromatic rings. The Balaban J connectivity index is 1.33. The van der Waals surface area contributed by atoms with Crippen molar-refractivity contribution in [3.05, 3.63) is 0 Å². The smallest absolute Gasteiger partial charge is 0.187 e. The molecule has 5 saturated heterocycles. The topological polar surface area (TPSA) is 376 Å². The number of methoxy groups -OCH3 is 2. The molecule has 9 unspecified atom stereocenters. The molecule has 334 valence electrons. The van der Waals surface area contributed by atoms with Crippen molar-refractivity contribution in [1.29, 1.82) is 0 Å². The highest BCUT2D eigenvalue weighted by molar-refractivity contribution is 4.98. The molecule has 0 amide bonds. The summed E-state index contributed by atoms with van der Waals surface area (Å²) in [5.41, 5.74) is 0. The van der Waals surface area contributed by atoms with Gasteiger partial charge in [-0.1, -0.05) is 0 Å². The minimum absolute atomic E-state index is 0.169. The molecule has 5 aliphatic rings. The lowest BCUT2D eigenvalue weighted by atomic mass is 9.82. The van der Waals surface area contributed by atoms with Crippen molar-refractivity contribution < 1.29 is 119 Å². The van der Waals surface area contributed by atoms with Gasteiger partial charge in [-0.3, -0.25) is 0 Å². The third kappa shape index (κ3) is 10.1. The standard InChI is InChI=1S/C33H58O24/c1-48-28-15(7-36)51-12(19(39)22(28)42)3-10-11(38)4-18(52-13(10)5-34)56-30-17(9-50-32-25(45)21(41)20(40)14(6-35)53-32)55-33(27(47)24(30)44)57-29-16(8-37)54-31(49-2)26(46)23(29)43/h10-47H,3-9H2,1-2H3/t10-,11?,12-,13-,14?,15?,16-,17?,18-,19?,20-,21-,22+,23?,24+,25?,26?,27?,28+,29+,30+,31+,32-,33-/m0/s1. The minimum Gasteiger partial charge on any atom is -0.394 e. The average molecular weight is 839 g/mol. The van der Waals surface area contributed by atoms with Gasteiger partial charge >= 0.3 is 0 Å². The molecule has 24 heteroatoms. The highest BCUT2D eigenvalue weighted by atomic mass is 16.8. The number of aliphatic hydroxyl groups is 14. The Morgan fingerprint density at radius 2 is 0.947 bits per heavy atom. The van der Waals surface area contributed by atoms with E-state index >= 15 is 0 Å². The second kappa shape index (κ2) is 20.7. The highest BCUT2D eigenvalue weighted by Gasteiger charge is 2.54. The molecule has 0 saturated carbocycles. The van der Waals surface area contributed by atoms with E-state index in [9.17, 15) is 71.5 Å². The summed E-state index contributed by atoms with van der Waals surface area (Å²) in [4.78, 5) is 0. The number of rotatable bonds is 15. The number of aliphatic hydroxyl groups excluding tert-OH is 14. The summed E-state index contributed by atoms with van der Waals surface area (Å²) >= 11 is 0. The zero-order chi connectivity index (χ0) is 41.9. The first kappa shape index (κ1) is 47.1. The monoisotopic (exact) mass is 838 g/mol. The van der Waals surface area contributed by atoms with Crippen LogP contribution in [0.15, 0.2) is 0 Å². The lowest BCUT2D eigenvalue weighted by Crippen LogP contribution is -2.66. The molecule has 57 heavy (non-hydrogen) atoms.